The number of hydrogen-bond acceptors (Lipinski definition) is 11. The molecular weight excluding hydrogens is 452 g/mol. The van der Waals surface area contributed by atoms with Crippen LogP contribution in [0.4, 0.5) is 0 Å². The number of aliphatic hydroxyl groups excluding tert-OH is 2. The minimum Gasteiger partial charge on any atom is -0.507 e. The number of phenols is 1. The van der Waals surface area contributed by atoms with E-state index in [1.807, 2.05) is 0 Å². The third kappa shape index (κ3) is 2.57. The molecule has 2 aromatic carbocycles. The zero-order chi connectivity index (χ0) is 25.3. The lowest BCUT2D eigenvalue weighted by Gasteiger charge is -2.51. The van der Waals surface area contributed by atoms with Crippen molar-refractivity contribution in [3.8, 4) is 11.5 Å². The molecule has 4 atom stereocenters. The van der Waals surface area contributed by atoms with E-state index in [0.29, 0.717) is 6.08 Å². The van der Waals surface area contributed by atoms with Crippen molar-refractivity contribution in [3.63, 3.8) is 0 Å². The summed E-state index contributed by atoms with van der Waals surface area (Å²) in [5.41, 5.74) is -7.35. The van der Waals surface area contributed by atoms with E-state index in [4.69, 9.17) is 14.2 Å². The Morgan fingerprint density at radius 2 is 1.68 bits per heavy atom. The van der Waals surface area contributed by atoms with Crippen LogP contribution in [0.1, 0.15) is 37.9 Å². The van der Waals surface area contributed by atoms with Gasteiger partial charge in [0.05, 0.1) is 26.9 Å². The molecule has 11 nitrogen and oxygen atoms in total. The molecule has 5 N–H and O–H groups in total. The van der Waals surface area contributed by atoms with E-state index in [1.165, 1.54) is 26.2 Å². The number of aryl methyl sites for hydroxylation is 1. The van der Waals surface area contributed by atoms with Gasteiger partial charge in [-0.15, -0.1) is 0 Å². The highest BCUT2D eigenvalue weighted by atomic mass is 16.5. The lowest BCUT2D eigenvalue weighted by atomic mass is 9.59. The number of rotatable bonds is 3. The van der Waals surface area contributed by atoms with Gasteiger partial charge >= 0.3 is 5.97 Å². The minimum absolute atomic E-state index is 0.00790. The van der Waals surface area contributed by atoms with Crippen molar-refractivity contribution >= 4 is 28.3 Å². The first-order valence-corrected chi connectivity index (χ1v) is 10.0. The maximum atomic E-state index is 13.4. The average Bonchev–Trinajstić information content (AvgIpc) is 2.81. The monoisotopic (exact) mass is 474 g/mol. The maximum absolute atomic E-state index is 13.4. The Morgan fingerprint density at radius 3 is 2.24 bits per heavy atom. The summed E-state index contributed by atoms with van der Waals surface area (Å²) in [6.45, 7) is 1.46. The second-order valence-electron chi connectivity index (χ2n) is 8.14. The van der Waals surface area contributed by atoms with E-state index in [9.17, 15) is 39.9 Å². The second kappa shape index (κ2) is 7.50. The summed E-state index contributed by atoms with van der Waals surface area (Å²) >= 11 is 0. The Bertz CT molecular complexity index is 1310. The van der Waals surface area contributed by atoms with Crippen molar-refractivity contribution in [1.29, 1.82) is 0 Å². The molecule has 0 unspecified atom stereocenters. The summed E-state index contributed by atoms with van der Waals surface area (Å²) in [5.74, 6) is -4.73. The Labute approximate surface area is 192 Å². The number of aromatic hydroxyl groups is 1. The first-order valence-electron chi connectivity index (χ1n) is 10.0. The standard InChI is InChI=1S/C23H22O11/c1-8-14-9(6-11(32-2)15(8)21(29)34-4)5-10-16(17(14)25)20(28)22(30)13(24)7-12(33-3)19(27)23(22,31)18(10)26/h5-7,18-19,25-27,30-31H,1-4H3/t18-,19+,22+,23+/m0/s1. The third-order valence-electron chi connectivity index (χ3n) is 6.65. The molecule has 180 valence electrons. The van der Waals surface area contributed by atoms with Gasteiger partial charge in [0.15, 0.2) is 5.60 Å². The molecule has 0 amide bonds. The van der Waals surface area contributed by atoms with Crippen LogP contribution in [0.2, 0.25) is 0 Å². The molecular formula is C23H22O11. The average molecular weight is 474 g/mol. The quantitative estimate of drug-likeness (QED) is 0.294. The zero-order valence-corrected chi connectivity index (χ0v) is 18.6. The minimum atomic E-state index is -3.34. The van der Waals surface area contributed by atoms with Crippen LogP contribution in [0.15, 0.2) is 24.0 Å². The third-order valence-corrected chi connectivity index (χ3v) is 6.65. The van der Waals surface area contributed by atoms with E-state index in [0.717, 1.165) is 14.2 Å². The largest absolute Gasteiger partial charge is 0.507 e. The fourth-order valence-corrected chi connectivity index (χ4v) is 4.87. The fourth-order valence-electron chi connectivity index (χ4n) is 4.87. The molecule has 11 heteroatoms. The van der Waals surface area contributed by atoms with Gasteiger partial charge in [0.25, 0.3) is 0 Å². The number of aliphatic hydroxyl groups is 4. The lowest BCUT2D eigenvalue weighted by molar-refractivity contribution is -0.229. The van der Waals surface area contributed by atoms with Gasteiger partial charge in [0.1, 0.15) is 35.0 Å². The van der Waals surface area contributed by atoms with Crippen molar-refractivity contribution < 1.29 is 54.1 Å². The highest BCUT2D eigenvalue weighted by Gasteiger charge is 2.72. The number of fused-ring (bicyclic) bond motifs is 3. The van der Waals surface area contributed by atoms with E-state index < -0.39 is 58.0 Å². The van der Waals surface area contributed by atoms with Gasteiger partial charge in [-0.1, -0.05) is 0 Å². The topological polar surface area (TPSA) is 180 Å². The molecule has 2 aliphatic rings. The van der Waals surface area contributed by atoms with Crippen molar-refractivity contribution in [2.24, 2.45) is 0 Å². The van der Waals surface area contributed by atoms with E-state index >= 15 is 0 Å². The normalized spacial score (nSPS) is 28.2. The van der Waals surface area contributed by atoms with Gasteiger partial charge in [-0.3, -0.25) is 9.59 Å². The maximum Gasteiger partial charge on any atom is 0.341 e. The van der Waals surface area contributed by atoms with E-state index in [2.05, 4.69) is 0 Å². The van der Waals surface area contributed by atoms with Crippen molar-refractivity contribution in [3.05, 3.63) is 46.2 Å². The highest BCUT2D eigenvalue weighted by molar-refractivity contribution is 6.26. The number of Topliss-reactive ketones (excluding diaryl/α,β-unsaturated/α-hetero) is 1. The molecule has 0 saturated carbocycles. The number of benzene rings is 2. The number of carbonyl (C=O) groups is 3. The van der Waals surface area contributed by atoms with Crippen molar-refractivity contribution in [2.75, 3.05) is 21.3 Å². The molecule has 0 aliphatic heterocycles. The molecule has 0 bridgehead atoms. The van der Waals surface area contributed by atoms with Gasteiger partial charge in [-0.05, 0) is 35.6 Å². The molecule has 2 aliphatic carbocycles. The predicted molar refractivity (Wildman–Crippen MR) is 114 cm³/mol. The second-order valence-corrected chi connectivity index (χ2v) is 8.14. The van der Waals surface area contributed by atoms with Crippen LogP contribution in [0, 0.1) is 6.92 Å². The molecule has 34 heavy (non-hydrogen) atoms. The number of methoxy groups -OCH3 is 3. The van der Waals surface area contributed by atoms with Crippen LogP contribution in [0.25, 0.3) is 10.8 Å². The van der Waals surface area contributed by atoms with Crippen molar-refractivity contribution in [2.45, 2.75) is 30.3 Å². The molecule has 0 saturated heterocycles. The van der Waals surface area contributed by atoms with Gasteiger partial charge in [-0.25, -0.2) is 4.79 Å². The SMILES string of the molecule is COC(=O)c1c(OC)cc2cc3c(c(O)c2c1C)C(=O)[C@]1(O)C(=O)C=C(OC)[C@@H](O)[C@]1(O)[C@H]3O. The summed E-state index contributed by atoms with van der Waals surface area (Å²) in [6, 6.07) is 2.57. The van der Waals surface area contributed by atoms with Crippen LogP contribution >= 0.6 is 0 Å². The Morgan fingerprint density at radius 1 is 1.03 bits per heavy atom. The summed E-state index contributed by atoms with van der Waals surface area (Å²) in [4.78, 5) is 38.6. The summed E-state index contributed by atoms with van der Waals surface area (Å²) < 4.78 is 14.9. The molecule has 4 rings (SSSR count). The first-order chi connectivity index (χ1) is 15.9. The van der Waals surface area contributed by atoms with Crippen LogP contribution in [0.5, 0.6) is 11.5 Å². The summed E-state index contributed by atoms with van der Waals surface area (Å²) in [5, 5.41) is 55.4. The van der Waals surface area contributed by atoms with Gasteiger partial charge in [0, 0.05) is 11.5 Å². The van der Waals surface area contributed by atoms with Crippen LogP contribution < -0.4 is 4.74 Å². The number of ether oxygens (including phenoxy) is 3. The number of esters is 1. The number of phenolic OH excluding ortho intramolecular Hbond substituents is 1. The number of hydrogen-bond donors (Lipinski definition) is 5. The van der Waals surface area contributed by atoms with Gasteiger partial charge in [-0.2, -0.15) is 0 Å². The van der Waals surface area contributed by atoms with E-state index in [1.54, 1.807) is 0 Å². The molecule has 0 radical (unpaired) electrons. The van der Waals surface area contributed by atoms with Crippen molar-refractivity contribution in [1.82, 2.24) is 0 Å². The molecule has 2 aromatic rings. The molecule has 0 spiro atoms. The highest BCUT2D eigenvalue weighted by Crippen LogP contribution is 2.53. The summed E-state index contributed by atoms with van der Waals surface area (Å²) in [6.07, 6.45) is -3.74. The summed E-state index contributed by atoms with van der Waals surface area (Å²) in [7, 11) is 3.54. The molecule has 0 heterocycles. The predicted octanol–water partition coefficient (Wildman–Crippen LogP) is -0.185. The Hall–Kier alpha value is -3.51. The Balaban J connectivity index is 2.11. The lowest BCUT2D eigenvalue weighted by Crippen LogP contribution is -2.75. The van der Waals surface area contributed by atoms with Gasteiger partial charge in [0.2, 0.25) is 17.2 Å². The molecule has 0 fully saturated rings. The van der Waals surface area contributed by atoms with Crippen LogP contribution in [-0.2, 0) is 14.3 Å². The fraction of sp³-hybridized carbons (Fsp3) is 0.348. The smallest absolute Gasteiger partial charge is 0.341 e. The number of ketones is 2. The van der Waals surface area contributed by atoms with Crippen LogP contribution in [-0.4, -0.2) is 81.7 Å². The molecule has 0 aromatic heterocycles. The van der Waals surface area contributed by atoms with E-state index in [-0.39, 0.29) is 33.2 Å². The van der Waals surface area contributed by atoms with Gasteiger partial charge < -0.3 is 39.7 Å². The van der Waals surface area contributed by atoms with Crippen LogP contribution in [0.3, 0.4) is 0 Å². The first kappa shape index (κ1) is 23.6. The Kier molecular flexibility index (Phi) is 5.22. The zero-order valence-electron chi connectivity index (χ0n) is 18.6. The number of carbonyl (C=O) groups excluding carboxylic acids is 3.